The number of para-hydroxylation sites is 1. The van der Waals surface area contributed by atoms with Crippen molar-refractivity contribution < 1.29 is 99.8 Å². The number of benzene rings is 17. The highest BCUT2D eigenvalue weighted by Gasteiger charge is 2.54. The Morgan fingerprint density at radius 2 is 0.358 bits per heavy atom. The fourth-order valence-corrected chi connectivity index (χ4v) is 17.0. The van der Waals surface area contributed by atoms with E-state index in [9.17, 15) is 4.79 Å². The van der Waals surface area contributed by atoms with E-state index in [0.29, 0.717) is 55.6 Å². The van der Waals surface area contributed by atoms with E-state index in [1.165, 1.54) is 60.7 Å². The molecule has 0 aliphatic carbocycles. The number of hydrogen-bond acceptors (Lipinski definition) is 21. The number of carbonyl (C=O) groups excluding carboxylic acids is 5. The van der Waals surface area contributed by atoms with Crippen LogP contribution in [0.3, 0.4) is 0 Å². The second kappa shape index (κ2) is 33.8. The highest BCUT2D eigenvalue weighted by molar-refractivity contribution is 6.00. The average Bonchev–Trinajstić information content (AvgIpc) is 1.61. The Labute approximate surface area is 766 Å². The predicted octanol–water partition coefficient (Wildman–Crippen LogP) is 22.7. The second-order valence-electron chi connectivity index (χ2n) is 31.8. The molecule has 0 fully saturated rings. The van der Waals surface area contributed by atoms with E-state index in [1.54, 1.807) is 127 Å². The molecule has 5 heterocycles. The lowest BCUT2D eigenvalue weighted by Gasteiger charge is -2.28. The van der Waals surface area contributed by atoms with Crippen molar-refractivity contribution in [2.24, 2.45) is 0 Å². The Kier molecular flexibility index (Phi) is 20.6. The monoisotopic (exact) mass is 1760 g/mol. The molecule has 0 amide bonds. The van der Waals surface area contributed by atoms with Crippen LogP contribution in [0, 0.1) is 0 Å². The lowest BCUT2D eigenvalue weighted by atomic mass is 9.97. The van der Waals surface area contributed by atoms with Gasteiger partial charge in [0.1, 0.15) is 12.4 Å². The van der Waals surface area contributed by atoms with Gasteiger partial charge in [0.25, 0.3) is 0 Å². The Hall–Kier alpha value is -18.1. The van der Waals surface area contributed by atoms with E-state index in [2.05, 4.69) is 0 Å². The van der Waals surface area contributed by atoms with E-state index in [0.717, 1.165) is 5.56 Å². The quantitative estimate of drug-likeness (QED) is 0.0428. The van der Waals surface area contributed by atoms with Gasteiger partial charge in [0.2, 0.25) is 28.7 Å². The first-order valence-corrected chi connectivity index (χ1v) is 42.9. The maximum Gasteiger partial charge on any atom is 0.343 e. The second-order valence-corrected chi connectivity index (χ2v) is 31.8. The molecule has 17 aromatic carbocycles. The third-order valence-corrected chi connectivity index (χ3v) is 23.3. The number of fused-ring (bicyclic) bond motifs is 5. The molecule has 21 heteroatoms. The Morgan fingerprint density at radius 1 is 0.187 bits per heavy atom. The molecule has 0 saturated carbocycles. The number of ether oxygens (including phenoxy) is 16. The largest absolute Gasteiger partial charge is 0.485 e. The third kappa shape index (κ3) is 14.8. The minimum absolute atomic E-state index is 0.0158. The molecule has 650 valence electrons. The van der Waals surface area contributed by atoms with Gasteiger partial charge >= 0.3 is 58.8 Å². The lowest BCUT2D eigenvalue weighted by Crippen LogP contribution is -2.36. The SMILES string of the molecule is O=C(Oc1ccccc1)c1cc(OC(=O)c2cc(OC(=O)c3cc(OC(=O)c4cc(OC(=O)c5cc(OCc6ccccc6)c6c(c5)OC(c5ccccc5)(c5ccccc5)O6)c5c(c4)OC(c4ccccc4)(c4ccccc4)O5)c4c(c3)OC(c3ccccc3)(c3ccccc3)O4)c3c(c2)OC(c2ccccc2)(c2ccccc2)O3)c2c(c1)OC(c1ccccc1)(c1ccccc1)O2. The average molecular weight is 1770 g/mol. The summed E-state index contributed by atoms with van der Waals surface area (Å²) in [6.07, 6.45) is 0. The first kappa shape index (κ1) is 81.6. The van der Waals surface area contributed by atoms with Crippen molar-refractivity contribution in [2.75, 3.05) is 0 Å². The summed E-state index contributed by atoms with van der Waals surface area (Å²) in [5.41, 5.74) is 5.21. The maximum absolute atomic E-state index is 16.1. The van der Waals surface area contributed by atoms with Gasteiger partial charge in [-0.1, -0.05) is 352 Å². The van der Waals surface area contributed by atoms with E-state index in [1.807, 2.05) is 237 Å². The predicted molar refractivity (Wildman–Crippen MR) is 489 cm³/mol. The van der Waals surface area contributed by atoms with Crippen molar-refractivity contribution in [2.45, 2.75) is 35.5 Å². The summed E-state index contributed by atoms with van der Waals surface area (Å²) < 4.78 is 109. The molecule has 0 N–H and O–H groups in total. The van der Waals surface area contributed by atoms with Gasteiger partial charge in [0.15, 0.2) is 57.5 Å². The lowest BCUT2D eigenvalue weighted by molar-refractivity contribution is -0.0471. The van der Waals surface area contributed by atoms with Crippen molar-refractivity contribution >= 4 is 29.8 Å². The fourth-order valence-electron chi connectivity index (χ4n) is 17.0. The van der Waals surface area contributed by atoms with Crippen molar-refractivity contribution in [3.8, 4) is 92.0 Å². The smallest absolute Gasteiger partial charge is 0.343 e. The van der Waals surface area contributed by atoms with E-state index in [4.69, 9.17) is 75.8 Å². The van der Waals surface area contributed by atoms with E-state index >= 15 is 19.2 Å². The summed E-state index contributed by atoms with van der Waals surface area (Å²) in [6.45, 7) is 0.0504. The molecule has 0 radical (unpaired) electrons. The summed E-state index contributed by atoms with van der Waals surface area (Å²) >= 11 is 0. The van der Waals surface area contributed by atoms with Gasteiger partial charge in [-0.2, -0.15) is 0 Å². The molecule has 0 atom stereocenters. The molecule has 21 nitrogen and oxygen atoms in total. The zero-order valence-corrected chi connectivity index (χ0v) is 70.7. The van der Waals surface area contributed by atoms with Gasteiger partial charge in [-0.05, 0) is 78.4 Å². The molecule has 134 heavy (non-hydrogen) atoms. The molecule has 0 unspecified atom stereocenters. The van der Waals surface area contributed by atoms with Gasteiger partial charge in [-0.25, -0.2) is 24.0 Å². The number of carbonyl (C=O) groups is 5. The standard InChI is InChI=1S/C113H72O21/c114-104(120-88-59-35-12-36-60-88)74-62-90(100-95(67-74)126-110(131-100,80-43-19-4-20-44-80)81-45-21-5-22-46-81)122-106(116)76-64-92(102-97(69-76)128-112(133-102,84-51-27-8-28-52-84)85-53-29-9-30-54-85)124-108(118)77-65-93(103-98(70-77)129-113(134-103,86-55-31-10-32-56-86)87-57-33-11-34-58-87)123-107(117)75-63-91(101-96(68-75)127-111(132-101,82-47-23-6-24-48-82)83-49-25-7-26-50-83)121-105(115)73-61-89(119-71-72-37-13-1-14-38-72)99-94(66-73)125-109(130-99,78-39-15-2-16-40-78)79-41-17-3-18-42-79/h1-70H,71H2. The Balaban J connectivity index is 0.660. The van der Waals surface area contributed by atoms with Crippen LogP contribution in [0.5, 0.6) is 92.0 Å². The summed E-state index contributed by atoms with van der Waals surface area (Å²) in [7, 11) is 0. The van der Waals surface area contributed by atoms with Crippen LogP contribution in [0.15, 0.2) is 425 Å². The molecule has 5 aliphatic heterocycles. The Morgan fingerprint density at radius 3 is 0.567 bits per heavy atom. The molecule has 22 rings (SSSR count). The van der Waals surface area contributed by atoms with Crippen LogP contribution in [0.25, 0.3) is 0 Å². The van der Waals surface area contributed by atoms with E-state index < -0.39 is 58.8 Å². The maximum atomic E-state index is 16.1. The number of esters is 5. The van der Waals surface area contributed by atoms with Crippen LogP contribution in [-0.4, -0.2) is 29.8 Å². The van der Waals surface area contributed by atoms with Gasteiger partial charge in [0.05, 0.1) is 27.8 Å². The van der Waals surface area contributed by atoms with Gasteiger partial charge in [-0.3, -0.25) is 0 Å². The van der Waals surface area contributed by atoms with Crippen LogP contribution < -0.4 is 75.8 Å². The van der Waals surface area contributed by atoms with Crippen molar-refractivity contribution in [1.29, 1.82) is 0 Å². The van der Waals surface area contributed by atoms with Crippen molar-refractivity contribution in [3.63, 3.8) is 0 Å². The Bertz CT molecular complexity index is 7160. The topological polar surface area (TPSA) is 233 Å². The van der Waals surface area contributed by atoms with Crippen LogP contribution in [-0.2, 0) is 35.5 Å². The fraction of sp³-hybridized carbons (Fsp3) is 0.0531. The molecular formula is C113H72O21. The number of hydrogen-bond donors (Lipinski definition) is 0. The molecule has 0 aromatic heterocycles. The third-order valence-electron chi connectivity index (χ3n) is 23.3. The summed E-state index contributed by atoms with van der Waals surface area (Å²) in [4.78, 5) is 78.2. The summed E-state index contributed by atoms with van der Waals surface area (Å²) in [6, 6.07) is 123. The van der Waals surface area contributed by atoms with Crippen LogP contribution in [0.4, 0.5) is 0 Å². The van der Waals surface area contributed by atoms with Crippen LogP contribution in [0.2, 0.25) is 0 Å². The van der Waals surface area contributed by atoms with Gasteiger partial charge in [-0.15, -0.1) is 0 Å². The first-order chi connectivity index (χ1) is 65.8. The molecule has 0 saturated heterocycles. The minimum Gasteiger partial charge on any atom is -0.485 e. The van der Waals surface area contributed by atoms with E-state index in [-0.39, 0.29) is 126 Å². The van der Waals surface area contributed by atoms with Crippen LogP contribution in [0.1, 0.15) is 113 Å². The summed E-state index contributed by atoms with van der Waals surface area (Å²) in [5, 5.41) is 0. The van der Waals surface area contributed by atoms with Crippen molar-refractivity contribution in [3.05, 3.63) is 514 Å². The van der Waals surface area contributed by atoms with Crippen molar-refractivity contribution in [1.82, 2.24) is 0 Å². The summed E-state index contributed by atoms with van der Waals surface area (Å²) in [5.74, 6) is -15.1. The molecule has 5 aliphatic rings. The molecule has 0 spiro atoms. The zero-order chi connectivity index (χ0) is 90.4. The highest BCUT2D eigenvalue weighted by Crippen LogP contribution is 2.60. The molecular weight excluding hydrogens is 1690 g/mol. The van der Waals surface area contributed by atoms with Gasteiger partial charge < -0.3 is 75.8 Å². The molecule has 17 aromatic rings. The number of rotatable bonds is 23. The molecule has 0 bridgehead atoms. The zero-order valence-electron chi connectivity index (χ0n) is 70.7. The van der Waals surface area contributed by atoms with Crippen LogP contribution >= 0.6 is 0 Å². The normalized spacial score (nSPS) is 14.4. The minimum atomic E-state index is -1.83. The highest BCUT2D eigenvalue weighted by atomic mass is 16.8. The first-order valence-electron chi connectivity index (χ1n) is 42.9. The van der Waals surface area contributed by atoms with Gasteiger partial charge in [0, 0.05) is 55.6 Å².